The van der Waals surface area contributed by atoms with E-state index in [0.29, 0.717) is 31.7 Å². The Kier molecular flexibility index (Phi) is 6.83. The Labute approximate surface area is 194 Å². The molecule has 0 spiro atoms. The fourth-order valence-electron chi connectivity index (χ4n) is 3.63. The smallest absolute Gasteiger partial charge is 0.253 e. The summed E-state index contributed by atoms with van der Waals surface area (Å²) >= 11 is 5.03. The average molecular weight is 498 g/mol. The van der Waals surface area contributed by atoms with Gasteiger partial charge in [0, 0.05) is 47.2 Å². The molecule has 0 unspecified atom stereocenters. The standard InChI is InChI=1S/C24H24BrN3O2S/c1-2-17-6-8-18(9-7-17)24(30)28-12-10-27(11-13-28)22(29)15-21-16-31-23(26-21)19-4-3-5-20(25)14-19/h3-9,14,16H,2,10-13,15H2,1H3. The van der Waals surface area contributed by atoms with Gasteiger partial charge in [0.2, 0.25) is 5.91 Å². The van der Waals surface area contributed by atoms with Crippen LogP contribution in [0.3, 0.4) is 0 Å². The molecule has 1 fully saturated rings. The second kappa shape index (κ2) is 9.75. The fraction of sp³-hybridized carbons (Fsp3) is 0.292. The molecule has 0 aliphatic carbocycles. The molecule has 160 valence electrons. The summed E-state index contributed by atoms with van der Waals surface area (Å²) in [6, 6.07) is 15.8. The highest BCUT2D eigenvalue weighted by Crippen LogP contribution is 2.26. The van der Waals surface area contributed by atoms with Crippen molar-refractivity contribution in [2.45, 2.75) is 19.8 Å². The highest BCUT2D eigenvalue weighted by atomic mass is 79.9. The molecular formula is C24H24BrN3O2S. The van der Waals surface area contributed by atoms with E-state index < -0.39 is 0 Å². The first kappa shape index (κ1) is 21.7. The first-order valence-corrected chi connectivity index (χ1v) is 12.1. The number of aryl methyl sites for hydroxylation is 1. The molecule has 1 aliphatic rings. The van der Waals surface area contributed by atoms with E-state index in [9.17, 15) is 9.59 Å². The number of carbonyl (C=O) groups is 2. The summed E-state index contributed by atoms with van der Waals surface area (Å²) in [5.41, 5.74) is 3.76. The van der Waals surface area contributed by atoms with Crippen LogP contribution in [0.2, 0.25) is 0 Å². The van der Waals surface area contributed by atoms with Gasteiger partial charge >= 0.3 is 0 Å². The molecule has 0 bridgehead atoms. The molecular weight excluding hydrogens is 474 g/mol. The van der Waals surface area contributed by atoms with Crippen LogP contribution in [0.5, 0.6) is 0 Å². The number of halogens is 1. The maximum atomic E-state index is 12.8. The predicted molar refractivity (Wildman–Crippen MR) is 127 cm³/mol. The Bertz CT molecular complexity index is 1070. The highest BCUT2D eigenvalue weighted by Gasteiger charge is 2.25. The van der Waals surface area contributed by atoms with Crippen LogP contribution in [-0.2, 0) is 17.6 Å². The number of amides is 2. The van der Waals surface area contributed by atoms with Gasteiger partial charge in [0.25, 0.3) is 5.91 Å². The van der Waals surface area contributed by atoms with Gasteiger partial charge in [-0.15, -0.1) is 11.3 Å². The van der Waals surface area contributed by atoms with Crippen molar-refractivity contribution >= 4 is 39.1 Å². The van der Waals surface area contributed by atoms with Crippen LogP contribution in [0.25, 0.3) is 10.6 Å². The number of benzene rings is 2. The zero-order chi connectivity index (χ0) is 21.8. The minimum Gasteiger partial charge on any atom is -0.339 e. The van der Waals surface area contributed by atoms with E-state index in [1.165, 1.54) is 5.56 Å². The minimum atomic E-state index is 0.0351. The van der Waals surface area contributed by atoms with Gasteiger partial charge in [0.05, 0.1) is 12.1 Å². The largest absolute Gasteiger partial charge is 0.339 e. The van der Waals surface area contributed by atoms with E-state index in [1.54, 1.807) is 11.3 Å². The van der Waals surface area contributed by atoms with Crippen molar-refractivity contribution in [3.05, 3.63) is 75.2 Å². The Morgan fingerprint density at radius 3 is 2.42 bits per heavy atom. The lowest BCUT2D eigenvalue weighted by atomic mass is 10.1. The van der Waals surface area contributed by atoms with Crippen molar-refractivity contribution in [3.8, 4) is 10.6 Å². The van der Waals surface area contributed by atoms with E-state index in [1.807, 2.05) is 63.7 Å². The number of thiazole rings is 1. The molecule has 31 heavy (non-hydrogen) atoms. The quantitative estimate of drug-likeness (QED) is 0.514. The third kappa shape index (κ3) is 5.22. The van der Waals surface area contributed by atoms with Gasteiger partial charge < -0.3 is 9.80 Å². The van der Waals surface area contributed by atoms with Crippen LogP contribution < -0.4 is 0 Å². The monoisotopic (exact) mass is 497 g/mol. The molecule has 2 aromatic carbocycles. The lowest BCUT2D eigenvalue weighted by molar-refractivity contribution is -0.132. The van der Waals surface area contributed by atoms with E-state index in [-0.39, 0.29) is 18.2 Å². The zero-order valence-electron chi connectivity index (χ0n) is 17.4. The Balaban J connectivity index is 1.32. The van der Waals surface area contributed by atoms with Crippen LogP contribution in [0.1, 0.15) is 28.5 Å². The molecule has 1 saturated heterocycles. The van der Waals surface area contributed by atoms with Crippen molar-refractivity contribution in [1.82, 2.24) is 14.8 Å². The summed E-state index contributed by atoms with van der Waals surface area (Å²) in [6.45, 7) is 4.32. The second-order valence-corrected chi connectivity index (χ2v) is 9.33. The topological polar surface area (TPSA) is 53.5 Å². The summed E-state index contributed by atoms with van der Waals surface area (Å²) < 4.78 is 1.01. The van der Waals surface area contributed by atoms with Gasteiger partial charge in [-0.1, -0.05) is 47.1 Å². The number of rotatable bonds is 5. The molecule has 1 aliphatic heterocycles. The van der Waals surface area contributed by atoms with Crippen LogP contribution in [0.4, 0.5) is 0 Å². The number of piperazine rings is 1. The van der Waals surface area contributed by atoms with Gasteiger partial charge in [-0.05, 0) is 36.2 Å². The van der Waals surface area contributed by atoms with Crippen LogP contribution >= 0.6 is 27.3 Å². The average Bonchev–Trinajstić information content (AvgIpc) is 3.27. The summed E-state index contributed by atoms with van der Waals surface area (Å²) in [4.78, 5) is 33.8. The third-order valence-electron chi connectivity index (χ3n) is 5.48. The number of hydrogen-bond acceptors (Lipinski definition) is 4. The highest BCUT2D eigenvalue weighted by molar-refractivity contribution is 9.10. The van der Waals surface area contributed by atoms with Gasteiger partial charge in [0.15, 0.2) is 0 Å². The molecule has 0 saturated carbocycles. The number of aromatic nitrogens is 1. The Morgan fingerprint density at radius 2 is 1.74 bits per heavy atom. The van der Waals surface area contributed by atoms with Crippen LogP contribution in [0.15, 0.2) is 58.4 Å². The van der Waals surface area contributed by atoms with Crippen molar-refractivity contribution in [2.24, 2.45) is 0 Å². The summed E-state index contributed by atoms with van der Waals surface area (Å²) in [5.74, 6) is 0.0957. The first-order chi connectivity index (χ1) is 15.0. The lowest BCUT2D eigenvalue weighted by Crippen LogP contribution is -2.51. The minimum absolute atomic E-state index is 0.0351. The summed E-state index contributed by atoms with van der Waals surface area (Å²) in [6.07, 6.45) is 1.25. The third-order valence-corrected chi connectivity index (χ3v) is 6.92. The van der Waals surface area contributed by atoms with Crippen molar-refractivity contribution < 1.29 is 9.59 Å². The van der Waals surface area contributed by atoms with E-state index in [4.69, 9.17) is 0 Å². The van der Waals surface area contributed by atoms with Gasteiger partial charge in [-0.2, -0.15) is 0 Å². The molecule has 2 amide bonds. The molecule has 0 N–H and O–H groups in total. The Hall–Kier alpha value is -2.51. The first-order valence-electron chi connectivity index (χ1n) is 10.4. The van der Waals surface area contributed by atoms with Crippen molar-refractivity contribution in [2.75, 3.05) is 26.2 Å². The fourth-order valence-corrected chi connectivity index (χ4v) is 4.85. The second-order valence-electron chi connectivity index (χ2n) is 7.55. The molecule has 0 atom stereocenters. The maximum absolute atomic E-state index is 12.8. The van der Waals surface area contributed by atoms with Crippen LogP contribution in [-0.4, -0.2) is 52.8 Å². The molecule has 4 rings (SSSR count). The van der Waals surface area contributed by atoms with Gasteiger partial charge in [-0.3, -0.25) is 9.59 Å². The van der Waals surface area contributed by atoms with Crippen molar-refractivity contribution in [1.29, 1.82) is 0 Å². The normalized spacial score (nSPS) is 14.0. The molecule has 7 heteroatoms. The van der Waals surface area contributed by atoms with E-state index >= 15 is 0 Å². The molecule has 5 nitrogen and oxygen atoms in total. The lowest BCUT2D eigenvalue weighted by Gasteiger charge is -2.34. The van der Waals surface area contributed by atoms with Crippen LogP contribution in [0, 0.1) is 0 Å². The molecule has 2 heterocycles. The van der Waals surface area contributed by atoms with Crippen molar-refractivity contribution in [3.63, 3.8) is 0 Å². The summed E-state index contributed by atoms with van der Waals surface area (Å²) in [5, 5.41) is 2.86. The van der Waals surface area contributed by atoms with E-state index in [2.05, 4.69) is 27.8 Å². The van der Waals surface area contributed by atoms with Gasteiger partial charge in [0.1, 0.15) is 5.01 Å². The molecule has 1 aromatic heterocycles. The predicted octanol–water partition coefficient (Wildman–Crippen LogP) is 4.66. The Morgan fingerprint density at radius 1 is 1.03 bits per heavy atom. The zero-order valence-corrected chi connectivity index (χ0v) is 19.8. The maximum Gasteiger partial charge on any atom is 0.253 e. The number of hydrogen-bond donors (Lipinski definition) is 0. The summed E-state index contributed by atoms with van der Waals surface area (Å²) in [7, 11) is 0. The molecule has 3 aromatic rings. The molecule has 0 radical (unpaired) electrons. The van der Waals surface area contributed by atoms with E-state index in [0.717, 1.165) is 27.2 Å². The number of nitrogens with zero attached hydrogens (tertiary/aromatic N) is 3. The number of carbonyl (C=O) groups excluding carboxylic acids is 2. The SMILES string of the molecule is CCc1ccc(C(=O)N2CCN(C(=O)Cc3csc(-c4cccc(Br)c4)n3)CC2)cc1. The van der Waals surface area contributed by atoms with Gasteiger partial charge in [-0.25, -0.2) is 4.98 Å².